The van der Waals surface area contributed by atoms with E-state index in [4.69, 9.17) is 6.42 Å². The van der Waals surface area contributed by atoms with Crippen LogP contribution in [0.4, 0.5) is 22.0 Å². The van der Waals surface area contributed by atoms with Gasteiger partial charge in [-0.2, -0.15) is 0 Å². The summed E-state index contributed by atoms with van der Waals surface area (Å²) in [5.41, 5.74) is 3.15. The van der Waals surface area contributed by atoms with Gasteiger partial charge in [0.25, 0.3) is 0 Å². The Morgan fingerprint density at radius 3 is 2.71 bits per heavy atom. The van der Waals surface area contributed by atoms with Gasteiger partial charge in [0.05, 0.1) is 5.52 Å². The summed E-state index contributed by atoms with van der Waals surface area (Å²) in [5.74, 6) is 3.29. The number of likely N-dealkylation sites (tertiary alicyclic amines) is 1. The normalized spacial score (nSPS) is 13.8. The first-order valence-corrected chi connectivity index (χ1v) is 9.37. The van der Waals surface area contributed by atoms with Crippen LogP contribution in [0, 0.1) is 12.3 Å². The van der Waals surface area contributed by atoms with Gasteiger partial charge in [0.1, 0.15) is 12.1 Å². The number of urea groups is 1. The van der Waals surface area contributed by atoms with E-state index in [1.54, 1.807) is 0 Å². The van der Waals surface area contributed by atoms with Crippen LogP contribution in [0.25, 0.3) is 10.9 Å². The second kappa shape index (κ2) is 7.97. The maximum Gasteiger partial charge on any atom is 0.321 e. The van der Waals surface area contributed by atoms with Crippen molar-refractivity contribution in [1.29, 1.82) is 0 Å². The molecule has 4 rings (SSSR count). The van der Waals surface area contributed by atoms with Crippen molar-refractivity contribution in [2.45, 2.75) is 19.3 Å². The van der Waals surface area contributed by atoms with Crippen molar-refractivity contribution >= 4 is 34.1 Å². The lowest BCUT2D eigenvalue weighted by Gasteiger charge is -2.26. The fourth-order valence-electron chi connectivity index (χ4n) is 3.36. The van der Waals surface area contributed by atoms with E-state index in [-0.39, 0.29) is 6.03 Å². The first-order valence-electron chi connectivity index (χ1n) is 9.37. The summed E-state index contributed by atoms with van der Waals surface area (Å²) >= 11 is 0. The topological polar surface area (TPSA) is 70.1 Å². The van der Waals surface area contributed by atoms with E-state index in [1.165, 1.54) is 12.7 Å². The average molecular weight is 371 g/mol. The number of anilines is 3. The first-order chi connectivity index (χ1) is 13.7. The molecule has 3 aromatic rings. The second-order valence-electron chi connectivity index (χ2n) is 6.78. The van der Waals surface area contributed by atoms with Crippen LogP contribution in [0.1, 0.15) is 24.8 Å². The molecule has 2 aromatic carbocycles. The minimum Gasteiger partial charge on any atom is -0.340 e. The van der Waals surface area contributed by atoms with Crippen LogP contribution in [-0.4, -0.2) is 34.0 Å². The number of aromatic nitrogens is 2. The van der Waals surface area contributed by atoms with Gasteiger partial charge in [0.15, 0.2) is 0 Å². The van der Waals surface area contributed by atoms with Gasteiger partial charge in [-0.25, -0.2) is 14.8 Å². The number of hydrogen-bond acceptors (Lipinski definition) is 4. The number of rotatable bonds is 3. The lowest BCUT2D eigenvalue weighted by Crippen LogP contribution is -2.38. The third-order valence-electron chi connectivity index (χ3n) is 4.82. The Morgan fingerprint density at radius 2 is 1.89 bits per heavy atom. The molecule has 28 heavy (non-hydrogen) atoms. The van der Waals surface area contributed by atoms with E-state index in [1.807, 2.05) is 47.4 Å². The van der Waals surface area contributed by atoms with Gasteiger partial charge in [-0.05, 0) is 55.7 Å². The van der Waals surface area contributed by atoms with Crippen LogP contribution in [0.15, 0.2) is 48.8 Å². The molecule has 1 saturated heterocycles. The van der Waals surface area contributed by atoms with Crippen LogP contribution in [0.2, 0.25) is 0 Å². The molecule has 0 bridgehead atoms. The Bertz CT molecular complexity index is 1050. The van der Waals surface area contributed by atoms with Crippen molar-refractivity contribution in [3.8, 4) is 12.3 Å². The number of terminal acetylenes is 1. The summed E-state index contributed by atoms with van der Waals surface area (Å²) in [4.78, 5) is 23.1. The number of fused-ring (bicyclic) bond motifs is 1. The Kier molecular flexibility index (Phi) is 5.07. The SMILES string of the molecule is C#Cc1cccc(Nc2ncnc3ccc(NC(=O)N4CCCCC4)cc23)c1. The van der Waals surface area contributed by atoms with Gasteiger partial charge in [0, 0.05) is 35.4 Å². The third-order valence-corrected chi connectivity index (χ3v) is 4.82. The van der Waals surface area contributed by atoms with Crippen molar-refractivity contribution in [3.05, 3.63) is 54.4 Å². The second-order valence-corrected chi connectivity index (χ2v) is 6.78. The van der Waals surface area contributed by atoms with E-state index >= 15 is 0 Å². The highest BCUT2D eigenvalue weighted by Crippen LogP contribution is 2.26. The molecular formula is C22H21N5O. The van der Waals surface area contributed by atoms with E-state index in [2.05, 4.69) is 26.5 Å². The maximum atomic E-state index is 12.5. The van der Waals surface area contributed by atoms with Crippen molar-refractivity contribution in [2.75, 3.05) is 23.7 Å². The predicted molar refractivity (Wildman–Crippen MR) is 112 cm³/mol. The molecule has 6 heteroatoms. The number of amides is 2. The number of piperidine rings is 1. The lowest BCUT2D eigenvalue weighted by molar-refractivity contribution is 0.200. The van der Waals surface area contributed by atoms with Crippen LogP contribution < -0.4 is 10.6 Å². The molecule has 2 N–H and O–H groups in total. The largest absolute Gasteiger partial charge is 0.340 e. The van der Waals surface area contributed by atoms with E-state index < -0.39 is 0 Å². The molecule has 0 radical (unpaired) electrons. The van der Waals surface area contributed by atoms with Crippen LogP contribution in [0.3, 0.4) is 0 Å². The molecule has 2 heterocycles. The number of hydrogen-bond donors (Lipinski definition) is 2. The molecule has 140 valence electrons. The molecule has 1 fully saturated rings. The van der Waals surface area contributed by atoms with Crippen molar-refractivity contribution < 1.29 is 4.79 Å². The van der Waals surface area contributed by atoms with E-state index in [0.29, 0.717) is 5.82 Å². The summed E-state index contributed by atoms with van der Waals surface area (Å²) < 4.78 is 0. The monoisotopic (exact) mass is 371 g/mol. The first kappa shape index (κ1) is 17.8. The summed E-state index contributed by atoms with van der Waals surface area (Å²) in [6.07, 6.45) is 10.3. The van der Waals surface area contributed by atoms with Crippen LogP contribution >= 0.6 is 0 Å². The van der Waals surface area contributed by atoms with Crippen molar-refractivity contribution in [3.63, 3.8) is 0 Å². The minimum absolute atomic E-state index is 0.0628. The standard InChI is InChI=1S/C22H21N5O/c1-2-16-7-6-8-17(13-16)25-21-19-14-18(9-10-20(19)23-15-24-21)26-22(28)27-11-4-3-5-12-27/h1,6-10,13-15H,3-5,11-12H2,(H,26,28)(H,23,24,25). The van der Waals surface area contributed by atoms with Gasteiger partial charge in [0.2, 0.25) is 0 Å². The molecule has 0 spiro atoms. The van der Waals surface area contributed by atoms with Crippen LogP contribution in [-0.2, 0) is 0 Å². The quantitative estimate of drug-likeness (QED) is 0.671. The highest BCUT2D eigenvalue weighted by molar-refractivity contribution is 5.96. The molecule has 1 aromatic heterocycles. The molecule has 0 aliphatic carbocycles. The number of benzene rings is 2. The number of carbonyl (C=O) groups excluding carboxylic acids is 1. The van der Waals surface area contributed by atoms with Crippen molar-refractivity contribution in [1.82, 2.24) is 14.9 Å². The summed E-state index contributed by atoms with van der Waals surface area (Å²) in [5, 5.41) is 7.11. The number of nitrogens with zero attached hydrogens (tertiary/aromatic N) is 3. The number of carbonyl (C=O) groups is 1. The van der Waals surface area contributed by atoms with Gasteiger partial charge in [-0.3, -0.25) is 0 Å². The summed E-state index contributed by atoms with van der Waals surface area (Å²) in [7, 11) is 0. The van der Waals surface area contributed by atoms with E-state index in [9.17, 15) is 4.79 Å². The maximum absolute atomic E-state index is 12.5. The molecule has 2 amide bonds. The summed E-state index contributed by atoms with van der Waals surface area (Å²) in [6, 6.07) is 13.2. The number of nitrogens with one attached hydrogen (secondary N) is 2. The molecule has 0 atom stereocenters. The van der Waals surface area contributed by atoms with E-state index in [0.717, 1.165) is 53.8 Å². The molecule has 0 unspecified atom stereocenters. The highest BCUT2D eigenvalue weighted by atomic mass is 16.2. The fourth-order valence-corrected chi connectivity index (χ4v) is 3.36. The molecule has 6 nitrogen and oxygen atoms in total. The van der Waals surface area contributed by atoms with Gasteiger partial charge in [-0.1, -0.05) is 12.0 Å². The Labute approximate surface area is 164 Å². The minimum atomic E-state index is -0.0628. The molecular weight excluding hydrogens is 350 g/mol. The Morgan fingerprint density at radius 1 is 1.04 bits per heavy atom. The Hall–Kier alpha value is -3.59. The Balaban J connectivity index is 1.60. The lowest BCUT2D eigenvalue weighted by atomic mass is 10.1. The molecule has 1 aliphatic heterocycles. The smallest absolute Gasteiger partial charge is 0.321 e. The molecule has 1 aliphatic rings. The predicted octanol–water partition coefficient (Wildman–Crippen LogP) is 4.37. The van der Waals surface area contributed by atoms with Gasteiger partial charge >= 0.3 is 6.03 Å². The van der Waals surface area contributed by atoms with Gasteiger partial charge < -0.3 is 15.5 Å². The summed E-state index contributed by atoms with van der Waals surface area (Å²) in [6.45, 7) is 1.61. The fraction of sp³-hybridized carbons (Fsp3) is 0.227. The van der Waals surface area contributed by atoms with Gasteiger partial charge in [-0.15, -0.1) is 6.42 Å². The zero-order valence-corrected chi connectivity index (χ0v) is 15.5. The zero-order chi connectivity index (χ0) is 19.3. The average Bonchev–Trinajstić information content (AvgIpc) is 2.75. The highest BCUT2D eigenvalue weighted by Gasteiger charge is 2.16. The zero-order valence-electron chi connectivity index (χ0n) is 15.5. The van der Waals surface area contributed by atoms with Crippen LogP contribution in [0.5, 0.6) is 0 Å². The third kappa shape index (κ3) is 3.89. The molecule has 0 saturated carbocycles. The van der Waals surface area contributed by atoms with Crippen molar-refractivity contribution in [2.24, 2.45) is 0 Å².